The van der Waals surface area contributed by atoms with Crippen molar-refractivity contribution in [3.63, 3.8) is 0 Å². The lowest BCUT2D eigenvalue weighted by atomic mass is 10.2. The smallest absolute Gasteiger partial charge is 0.255 e. The highest BCUT2D eigenvalue weighted by Crippen LogP contribution is 2.20. The van der Waals surface area contributed by atoms with E-state index in [-0.39, 0.29) is 5.91 Å². The Hall–Kier alpha value is -3.38. The van der Waals surface area contributed by atoms with Crippen molar-refractivity contribution in [1.82, 2.24) is 15.0 Å². The van der Waals surface area contributed by atoms with Crippen LogP contribution in [0.5, 0.6) is 5.75 Å². The molecule has 0 fully saturated rings. The van der Waals surface area contributed by atoms with Gasteiger partial charge in [0, 0.05) is 16.3 Å². The highest BCUT2D eigenvalue weighted by molar-refractivity contribution is 6.30. The van der Waals surface area contributed by atoms with Gasteiger partial charge in [-0.05, 0) is 61.5 Å². The minimum absolute atomic E-state index is 0.219. The predicted octanol–water partition coefficient (Wildman–Crippen LogP) is 4.72. The van der Waals surface area contributed by atoms with Crippen LogP contribution in [0.3, 0.4) is 0 Å². The normalized spacial score (nSPS) is 10.8. The molecule has 0 bridgehead atoms. The van der Waals surface area contributed by atoms with E-state index < -0.39 is 0 Å². The number of fused-ring (bicyclic) bond motifs is 1. The van der Waals surface area contributed by atoms with E-state index in [9.17, 15) is 4.79 Å². The second-order valence-corrected chi connectivity index (χ2v) is 6.52. The Kier molecular flexibility index (Phi) is 4.95. The predicted molar refractivity (Wildman–Crippen MR) is 109 cm³/mol. The zero-order chi connectivity index (χ0) is 19.5. The van der Waals surface area contributed by atoms with Crippen molar-refractivity contribution >= 4 is 34.2 Å². The van der Waals surface area contributed by atoms with E-state index >= 15 is 0 Å². The van der Waals surface area contributed by atoms with Gasteiger partial charge in [0.15, 0.2) is 0 Å². The van der Waals surface area contributed by atoms with Gasteiger partial charge < -0.3 is 10.1 Å². The number of amides is 1. The molecule has 0 aliphatic rings. The molecule has 7 heteroatoms. The molecule has 4 rings (SSSR count). The van der Waals surface area contributed by atoms with Crippen LogP contribution in [0.2, 0.25) is 5.02 Å². The summed E-state index contributed by atoms with van der Waals surface area (Å²) in [6, 6.07) is 19.8. The molecule has 1 heterocycles. The van der Waals surface area contributed by atoms with Gasteiger partial charge in [-0.15, -0.1) is 10.2 Å². The van der Waals surface area contributed by atoms with Crippen LogP contribution in [0, 0.1) is 0 Å². The SMILES string of the molecule is CCOc1cccc(C(=O)Nc2ccc3nn(-c4cccc(Cl)c4)nc3c2)c1. The van der Waals surface area contributed by atoms with Crippen LogP contribution in [0.1, 0.15) is 17.3 Å². The number of rotatable bonds is 5. The number of ether oxygens (including phenoxy) is 1. The molecular formula is C21H17ClN4O2. The Labute approximate surface area is 166 Å². The van der Waals surface area contributed by atoms with Crippen LogP contribution in [0.4, 0.5) is 5.69 Å². The average molecular weight is 393 g/mol. The van der Waals surface area contributed by atoms with E-state index in [4.69, 9.17) is 16.3 Å². The van der Waals surface area contributed by atoms with Crippen LogP contribution < -0.4 is 10.1 Å². The van der Waals surface area contributed by atoms with E-state index in [0.717, 1.165) is 11.2 Å². The monoisotopic (exact) mass is 392 g/mol. The van der Waals surface area contributed by atoms with Gasteiger partial charge in [0.05, 0.1) is 12.3 Å². The number of hydrogen-bond acceptors (Lipinski definition) is 4. The highest BCUT2D eigenvalue weighted by Gasteiger charge is 2.10. The number of nitrogens with zero attached hydrogens (tertiary/aromatic N) is 3. The first-order chi connectivity index (χ1) is 13.6. The molecule has 0 aliphatic heterocycles. The molecule has 3 aromatic carbocycles. The number of carbonyl (C=O) groups is 1. The minimum atomic E-state index is -0.219. The summed E-state index contributed by atoms with van der Waals surface area (Å²) in [7, 11) is 0. The Bertz CT molecular complexity index is 1160. The molecule has 0 spiro atoms. The van der Waals surface area contributed by atoms with Gasteiger partial charge in [0.2, 0.25) is 0 Å². The summed E-state index contributed by atoms with van der Waals surface area (Å²) in [6.45, 7) is 2.45. The fourth-order valence-electron chi connectivity index (χ4n) is 2.81. The Balaban J connectivity index is 1.58. The summed E-state index contributed by atoms with van der Waals surface area (Å²) in [5.41, 5.74) is 3.31. The molecule has 28 heavy (non-hydrogen) atoms. The van der Waals surface area contributed by atoms with Crippen molar-refractivity contribution in [2.45, 2.75) is 6.92 Å². The maximum Gasteiger partial charge on any atom is 0.255 e. The molecule has 0 atom stereocenters. The molecule has 4 aromatic rings. The third-order valence-corrected chi connectivity index (χ3v) is 4.32. The van der Waals surface area contributed by atoms with Gasteiger partial charge in [0.25, 0.3) is 5.91 Å². The Morgan fingerprint density at radius 3 is 2.68 bits per heavy atom. The molecule has 6 nitrogen and oxygen atoms in total. The Morgan fingerprint density at radius 2 is 1.86 bits per heavy atom. The lowest BCUT2D eigenvalue weighted by Gasteiger charge is -2.07. The van der Waals surface area contributed by atoms with Crippen LogP contribution in [0.15, 0.2) is 66.7 Å². The maximum absolute atomic E-state index is 12.5. The summed E-state index contributed by atoms with van der Waals surface area (Å²) in [4.78, 5) is 14.1. The first-order valence-electron chi connectivity index (χ1n) is 8.79. The molecule has 0 aliphatic carbocycles. The fraction of sp³-hybridized carbons (Fsp3) is 0.0952. The molecule has 0 saturated carbocycles. The summed E-state index contributed by atoms with van der Waals surface area (Å²) < 4.78 is 5.45. The molecular weight excluding hydrogens is 376 g/mol. The van der Waals surface area contributed by atoms with Crippen molar-refractivity contribution < 1.29 is 9.53 Å². The van der Waals surface area contributed by atoms with Gasteiger partial charge >= 0.3 is 0 Å². The minimum Gasteiger partial charge on any atom is -0.494 e. The molecule has 1 N–H and O–H groups in total. The van der Waals surface area contributed by atoms with Crippen molar-refractivity contribution in [2.75, 3.05) is 11.9 Å². The summed E-state index contributed by atoms with van der Waals surface area (Å²) in [5.74, 6) is 0.443. The number of aromatic nitrogens is 3. The maximum atomic E-state index is 12.5. The van der Waals surface area contributed by atoms with E-state index in [1.807, 2.05) is 31.2 Å². The van der Waals surface area contributed by atoms with Gasteiger partial charge in [-0.25, -0.2) is 0 Å². The zero-order valence-corrected chi connectivity index (χ0v) is 15.8. The fourth-order valence-corrected chi connectivity index (χ4v) is 2.99. The standard InChI is InChI=1S/C21H17ClN4O2/c1-2-28-18-8-3-5-14(11-18)21(27)23-16-9-10-19-20(13-16)25-26(24-19)17-7-4-6-15(22)12-17/h3-13H,2H2,1H3,(H,23,27). The van der Waals surface area contributed by atoms with Crippen LogP contribution in [-0.2, 0) is 0 Å². The third-order valence-electron chi connectivity index (χ3n) is 4.08. The first-order valence-corrected chi connectivity index (χ1v) is 9.17. The van der Waals surface area contributed by atoms with E-state index in [1.54, 1.807) is 42.5 Å². The van der Waals surface area contributed by atoms with Crippen molar-refractivity contribution in [1.29, 1.82) is 0 Å². The van der Waals surface area contributed by atoms with Gasteiger partial charge in [-0.2, -0.15) is 4.80 Å². The van der Waals surface area contributed by atoms with E-state index in [0.29, 0.717) is 34.1 Å². The van der Waals surface area contributed by atoms with Crippen LogP contribution in [0.25, 0.3) is 16.7 Å². The lowest BCUT2D eigenvalue weighted by molar-refractivity contribution is 0.102. The zero-order valence-electron chi connectivity index (χ0n) is 15.1. The number of nitrogens with one attached hydrogen (secondary N) is 1. The number of carbonyl (C=O) groups excluding carboxylic acids is 1. The van der Waals surface area contributed by atoms with Crippen LogP contribution >= 0.6 is 11.6 Å². The van der Waals surface area contributed by atoms with Gasteiger partial charge in [-0.3, -0.25) is 4.79 Å². The lowest BCUT2D eigenvalue weighted by Crippen LogP contribution is -2.11. The number of benzene rings is 3. The first kappa shape index (κ1) is 18.0. The number of halogens is 1. The summed E-state index contributed by atoms with van der Waals surface area (Å²) in [5, 5.41) is 12.4. The van der Waals surface area contributed by atoms with E-state index in [2.05, 4.69) is 15.5 Å². The average Bonchev–Trinajstić information content (AvgIpc) is 3.12. The van der Waals surface area contributed by atoms with E-state index in [1.165, 1.54) is 4.80 Å². The highest BCUT2D eigenvalue weighted by atomic mass is 35.5. The molecule has 0 saturated heterocycles. The molecule has 0 unspecified atom stereocenters. The third kappa shape index (κ3) is 3.82. The molecule has 0 radical (unpaired) electrons. The second-order valence-electron chi connectivity index (χ2n) is 6.09. The molecule has 140 valence electrons. The summed E-state index contributed by atoms with van der Waals surface area (Å²) in [6.07, 6.45) is 0. The van der Waals surface area contributed by atoms with Crippen LogP contribution in [-0.4, -0.2) is 27.5 Å². The largest absolute Gasteiger partial charge is 0.494 e. The quantitative estimate of drug-likeness (QED) is 0.533. The molecule has 1 aromatic heterocycles. The number of hydrogen-bond donors (Lipinski definition) is 1. The van der Waals surface area contributed by atoms with Crippen molar-refractivity contribution in [3.8, 4) is 11.4 Å². The number of anilines is 1. The second kappa shape index (κ2) is 7.70. The van der Waals surface area contributed by atoms with Crippen molar-refractivity contribution in [2.24, 2.45) is 0 Å². The van der Waals surface area contributed by atoms with Gasteiger partial charge in [-0.1, -0.05) is 23.7 Å². The van der Waals surface area contributed by atoms with Crippen molar-refractivity contribution in [3.05, 3.63) is 77.3 Å². The topological polar surface area (TPSA) is 69.0 Å². The molecule has 1 amide bonds. The van der Waals surface area contributed by atoms with Gasteiger partial charge in [0.1, 0.15) is 16.8 Å². The Morgan fingerprint density at radius 1 is 1.04 bits per heavy atom. The summed E-state index contributed by atoms with van der Waals surface area (Å²) >= 11 is 6.04.